The Kier molecular flexibility index (Phi) is 5.10. The van der Waals surface area contributed by atoms with Gasteiger partial charge in [-0.1, -0.05) is 22.0 Å². The third kappa shape index (κ3) is 3.17. The maximum Gasteiger partial charge on any atom is 0.259 e. The molecule has 0 radical (unpaired) electrons. The Morgan fingerprint density at radius 2 is 1.90 bits per heavy atom. The van der Waals surface area contributed by atoms with Crippen LogP contribution in [0.5, 0.6) is 0 Å². The minimum absolute atomic E-state index is 0.285. The number of carbonyl (C=O) groups is 1. The number of hydrogen-bond donors (Lipinski definition) is 0. The molecule has 0 N–H and O–H groups in total. The lowest BCUT2D eigenvalue weighted by molar-refractivity contribution is 0.0635. The van der Waals surface area contributed by atoms with E-state index in [1.165, 1.54) is 17.9 Å². The summed E-state index contributed by atoms with van der Waals surface area (Å²) in [5, 5.41) is 0.877. The van der Waals surface area contributed by atoms with Crippen LogP contribution in [-0.2, 0) is 0 Å². The Balaban J connectivity index is 2.12. The molecule has 1 saturated heterocycles. The first kappa shape index (κ1) is 15.4. The van der Waals surface area contributed by atoms with Crippen LogP contribution in [0.2, 0.25) is 0 Å². The predicted octanol–water partition coefficient (Wildman–Crippen LogP) is 2.43. The first-order valence-corrected chi connectivity index (χ1v) is 7.69. The van der Waals surface area contributed by atoms with E-state index in [0.717, 1.165) is 31.0 Å². The summed E-state index contributed by atoms with van der Waals surface area (Å²) >= 11 is 3.37. The quantitative estimate of drug-likeness (QED) is 0.784. The van der Waals surface area contributed by atoms with E-state index in [9.17, 15) is 13.6 Å². The molecular formula is C14H17BrF2N2O. The van der Waals surface area contributed by atoms with Gasteiger partial charge in [0.1, 0.15) is 17.2 Å². The fourth-order valence-corrected chi connectivity index (χ4v) is 2.81. The molecule has 0 unspecified atom stereocenters. The van der Waals surface area contributed by atoms with Crippen molar-refractivity contribution < 1.29 is 13.6 Å². The van der Waals surface area contributed by atoms with Gasteiger partial charge in [0.25, 0.3) is 5.91 Å². The summed E-state index contributed by atoms with van der Waals surface area (Å²) in [6, 6.07) is 2.49. The van der Waals surface area contributed by atoms with Crippen molar-refractivity contribution in [2.45, 2.75) is 6.92 Å². The number of nitrogens with zero attached hydrogens (tertiary/aromatic N) is 2. The summed E-state index contributed by atoms with van der Waals surface area (Å²) in [5.74, 6) is -2.10. The monoisotopic (exact) mass is 346 g/mol. The highest BCUT2D eigenvalue weighted by molar-refractivity contribution is 9.09. The van der Waals surface area contributed by atoms with Crippen molar-refractivity contribution in [3.05, 3.63) is 34.9 Å². The number of aryl methyl sites for hydroxylation is 1. The molecule has 3 nitrogen and oxygen atoms in total. The highest BCUT2D eigenvalue weighted by Gasteiger charge is 2.27. The first-order chi connectivity index (χ1) is 9.54. The van der Waals surface area contributed by atoms with Crippen molar-refractivity contribution in [2.75, 3.05) is 38.1 Å². The molecule has 1 aliphatic rings. The van der Waals surface area contributed by atoms with Gasteiger partial charge in [-0.25, -0.2) is 8.78 Å². The van der Waals surface area contributed by atoms with E-state index in [-0.39, 0.29) is 5.56 Å². The van der Waals surface area contributed by atoms with E-state index in [1.807, 2.05) is 0 Å². The van der Waals surface area contributed by atoms with Gasteiger partial charge in [0.2, 0.25) is 0 Å². The summed E-state index contributed by atoms with van der Waals surface area (Å²) in [5.41, 5.74) is -0.147. The van der Waals surface area contributed by atoms with Crippen molar-refractivity contribution in [3.8, 4) is 0 Å². The molecule has 110 valence electrons. The van der Waals surface area contributed by atoms with Gasteiger partial charge in [-0.3, -0.25) is 9.69 Å². The Morgan fingerprint density at radius 3 is 2.50 bits per heavy atom. The molecule has 2 rings (SSSR count). The highest BCUT2D eigenvalue weighted by atomic mass is 79.9. The van der Waals surface area contributed by atoms with Crippen molar-refractivity contribution >= 4 is 21.8 Å². The molecule has 0 spiro atoms. The molecule has 1 amide bonds. The van der Waals surface area contributed by atoms with E-state index < -0.39 is 23.1 Å². The number of halogens is 3. The molecule has 0 atom stereocenters. The number of alkyl halides is 1. The van der Waals surface area contributed by atoms with Crippen LogP contribution in [0.25, 0.3) is 0 Å². The Bertz CT molecular complexity index is 502. The van der Waals surface area contributed by atoms with Gasteiger partial charge in [-0.05, 0) is 18.6 Å². The van der Waals surface area contributed by atoms with Crippen LogP contribution < -0.4 is 0 Å². The van der Waals surface area contributed by atoms with Gasteiger partial charge in [0.05, 0.1) is 0 Å². The van der Waals surface area contributed by atoms with E-state index in [2.05, 4.69) is 20.8 Å². The second-order valence-electron chi connectivity index (χ2n) is 4.88. The van der Waals surface area contributed by atoms with Crippen LogP contribution in [-0.4, -0.2) is 53.8 Å². The van der Waals surface area contributed by atoms with Crippen molar-refractivity contribution in [2.24, 2.45) is 0 Å². The van der Waals surface area contributed by atoms with Crippen molar-refractivity contribution in [3.63, 3.8) is 0 Å². The second kappa shape index (κ2) is 6.63. The fourth-order valence-electron chi connectivity index (χ4n) is 2.30. The third-order valence-electron chi connectivity index (χ3n) is 3.56. The van der Waals surface area contributed by atoms with Gasteiger partial charge in [-0.2, -0.15) is 0 Å². The lowest BCUT2D eigenvalue weighted by Crippen LogP contribution is -2.49. The van der Waals surface area contributed by atoms with E-state index in [1.54, 1.807) is 0 Å². The molecule has 0 saturated carbocycles. The van der Waals surface area contributed by atoms with Crippen molar-refractivity contribution in [1.29, 1.82) is 0 Å². The Morgan fingerprint density at radius 1 is 1.25 bits per heavy atom. The smallest absolute Gasteiger partial charge is 0.259 e. The number of rotatable bonds is 3. The zero-order valence-corrected chi connectivity index (χ0v) is 12.9. The summed E-state index contributed by atoms with van der Waals surface area (Å²) in [6.45, 7) is 4.89. The summed E-state index contributed by atoms with van der Waals surface area (Å²) < 4.78 is 27.7. The van der Waals surface area contributed by atoms with E-state index >= 15 is 0 Å². The molecule has 1 aromatic rings. The fraction of sp³-hybridized carbons (Fsp3) is 0.500. The van der Waals surface area contributed by atoms with Gasteiger partial charge >= 0.3 is 0 Å². The number of hydrogen-bond acceptors (Lipinski definition) is 2. The Hall–Kier alpha value is -1.01. The summed E-state index contributed by atoms with van der Waals surface area (Å²) in [7, 11) is 0. The standard InChI is InChI=1S/C14H17BrF2N2O/c1-10-2-3-11(16)12(13(10)17)14(20)19-8-6-18(5-4-15)7-9-19/h2-3H,4-9H2,1H3. The molecule has 1 aliphatic heterocycles. The van der Waals surface area contributed by atoms with Crippen LogP contribution in [0.3, 0.4) is 0 Å². The maximum atomic E-state index is 14.0. The van der Waals surface area contributed by atoms with E-state index in [0.29, 0.717) is 13.1 Å². The first-order valence-electron chi connectivity index (χ1n) is 6.56. The molecular weight excluding hydrogens is 330 g/mol. The Labute approximate surface area is 125 Å². The minimum Gasteiger partial charge on any atom is -0.336 e. The summed E-state index contributed by atoms with van der Waals surface area (Å²) in [4.78, 5) is 16.0. The molecule has 1 fully saturated rings. The van der Waals surface area contributed by atoms with Crippen LogP contribution in [0, 0.1) is 18.6 Å². The molecule has 1 aromatic carbocycles. The lowest BCUT2D eigenvalue weighted by Gasteiger charge is -2.34. The SMILES string of the molecule is Cc1ccc(F)c(C(=O)N2CCN(CCBr)CC2)c1F. The average Bonchev–Trinajstić information content (AvgIpc) is 2.44. The number of amides is 1. The molecule has 6 heteroatoms. The minimum atomic E-state index is -0.791. The third-order valence-corrected chi connectivity index (χ3v) is 3.91. The lowest BCUT2D eigenvalue weighted by atomic mass is 10.1. The number of piperazine rings is 1. The topological polar surface area (TPSA) is 23.6 Å². The van der Waals surface area contributed by atoms with Gasteiger partial charge in [-0.15, -0.1) is 0 Å². The van der Waals surface area contributed by atoms with Crippen LogP contribution in [0.4, 0.5) is 8.78 Å². The molecule has 0 aromatic heterocycles. The molecule has 0 aliphatic carbocycles. The average molecular weight is 347 g/mol. The zero-order chi connectivity index (χ0) is 14.7. The number of carbonyl (C=O) groups excluding carboxylic acids is 1. The van der Waals surface area contributed by atoms with Gasteiger partial charge in [0, 0.05) is 38.1 Å². The van der Waals surface area contributed by atoms with Gasteiger partial charge in [0.15, 0.2) is 0 Å². The molecule has 0 bridgehead atoms. The summed E-state index contributed by atoms with van der Waals surface area (Å²) in [6.07, 6.45) is 0. The van der Waals surface area contributed by atoms with Crippen molar-refractivity contribution in [1.82, 2.24) is 9.80 Å². The maximum absolute atomic E-state index is 14.0. The molecule has 1 heterocycles. The zero-order valence-electron chi connectivity index (χ0n) is 11.3. The van der Waals surface area contributed by atoms with Crippen LogP contribution >= 0.6 is 15.9 Å². The van der Waals surface area contributed by atoms with Crippen LogP contribution in [0.1, 0.15) is 15.9 Å². The second-order valence-corrected chi connectivity index (χ2v) is 5.67. The number of benzene rings is 1. The highest BCUT2D eigenvalue weighted by Crippen LogP contribution is 2.19. The molecule has 20 heavy (non-hydrogen) atoms. The normalized spacial score (nSPS) is 16.5. The van der Waals surface area contributed by atoms with Crippen LogP contribution in [0.15, 0.2) is 12.1 Å². The van der Waals surface area contributed by atoms with Gasteiger partial charge < -0.3 is 4.90 Å². The predicted molar refractivity (Wildman–Crippen MR) is 77.2 cm³/mol. The van der Waals surface area contributed by atoms with E-state index in [4.69, 9.17) is 0 Å². The largest absolute Gasteiger partial charge is 0.336 e.